The maximum Gasteiger partial charge on any atom is 0.276 e. The Kier molecular flexibility index (Phi) is 5.16. The Morgan fingerprint density at radius 2 is 1.93 bits per heavy atom. The predicted molar refractivity (Wildman–Crippen MR) is 103 cm³/mol. The number of hydrogen-bond donors (Lipinski definition) is 3. The molecule has 1 aliphatic heterocycles. The van der Waals surface area contributed by atoms with Crippen LogP contribution in [0.3, 0.4) is 0 Å². The molecule has 0 spiro atoms. The molecule has 4 N–H and O–H groups in total. The van der Waals surface area contributed by atoms with Gasteiger partial charge < -0.3 is 5.32 Å². The van der Waals surface area contributed by atoms with Gasteiger partial charge in [-0.25, -0.2) is 22.0 Å². The second-order valence-corrected chi connectivity index (χ2v) is 9.36. The number of nitrogens with two attached hydrogens (primary N) is 1. The van der Waals surface area contributed by atoms with E-state index in [4.69, 9.17) is 16.7 Å². The molecule has 10 nitrogen and oxygen atoms in total. The highest BCUT2D eigenvalue weighted by atomic mass is 35.5. The third kappa shape index (κ3) is 4.00. The molecule has 1 atom stereocenters. The molecule has 0 fully saturated rings. The second kappa shape index (κ2) is 7.14. The highest BCUT2D eigenvalue weighted by Gasteiger charge is 2.31. The molecule has 2 aromatic carbocycles. The lowest BCUT2D eigenvalue weighted by atomic mass is 10.1. The standard InChI is InChI=1S/C15H13ClN4O6S2/c16-10-7-11-14(8-13(10)27(17,23)24)28(25,26)19-15(18-11)6-5-9-3-1-2-4-12(9)20(21)22/h1-8,15,18-19H,(H2,17,23,24)/b6-5+/t15-/m0/s1. The Morgan fingerprint density at radius 1 is 1.25 bits per heavy atom. The summed E-state index contributed by atoms with van der Waals surface area (Å²) >= 11 is 5.91. The molecule has 0 amide bonds. The first kappa shape index (κ1) is 20.2. The molecular formula is C15H13ClN4O6S2. The molecular weight excluding hydrogens is 432 g/mol. The van der Waals surface area contributed by atoms with Crippen molar-refractivity contribution in [1.82, 2.24) is 4.72 Å². The zero-order valence-electron chi connectivity index (χ0n) is 13.9. The molecule has 2 aromatic rings. The van der Waals surface area contributed by atoms with Gasteiger partial charge in [-0.15, -0.1) is 0 Å². The highest BCUT2D eigenvalue weighted by Crippen LogP contribution is 2.33. The van der Waals surface area contributed by atoms with Crippen molar-refractivity contribution in [3.8, 4) is 0 Å². The van der Waals surface area contributed by atoms with E-state index in [-0.39, 0.29) is 26.9 Å². The van der Waals surface area contributed by atoms with Gasteiger partial charge in [0.15, 0.2) is 0 Å². The maximum absolute atomic E-state index is 12.5. The molecule has 0 aromatic heterocycles. The fraction of sp³-hybridized carbons (Fsp3) is 0.0667. The van der Waals surface area contributed by atoms with Crippen LogP contribution in [0.2, 0.25) is 5.02 Å². The number of sulfonamides is 2. The number of nitro benzene ring substituents is 1. The first-order chi connectivity index (χ1) is 13.0. The van der Waals surface area contributed by atoms with Crippen molar-refractivity contribution in [2.75, 3.05) is 5.32 Å². The van der Waals surface area contributed by atoms with Crippen LogP contribution < -0.4 is 15.2 Å². The van der Waals surface area contributed by atoms with Gasteiger partial charge in [0.05, 0.1) is 21.2 Å². The summed E-state index contributed by atoms with van der Waals surface area (Å²) in [5, 5.41) is 18.7. The highest BCUT2D eigenvalue weighted by molar-refractivity contribution is 7.90. The largest absolute Gasteiger partial charge is 0.365 e. The summed E-state index contributed by atoms with van der Waals surface area (Å²) in [4.78, 5) is 9.65. The molecule has 1 heterocycles. The molecule has 3 rings (SSSR count). The number of para-hydroxylation sites is 1. The van der Waals surface area contributed by atoms with E-state index in [1.807, 2.05) is 0 Å². The minimum Gasteiger partial charge on any atom is -0.365 e. The average molecular weight is 445 g/mol. The van der Waals surface area contributed by atoms with Gasteiger partial charge in [-0.1, -0.05) is 23.7 Å². The fourth-order valence-electron chi connectivity index (χ4n) is 2.60. The van der Waals surface area contributed by atoms with E-state index in [9.17, 15) is 26.9 Å². The van der Waals surface area contributed by atoms with Crippen LogP contribution in [0.1, 0.15) is 5.56 Å². The third-order valence-corrected chi connectivity index (χ3v) is 6.68. The van der Waals surface area contributed by atoms with Crippen LogP contribution in [0.4, 0.5) is 11.4 Å². The van der Waals surface area contributed by atoms with E-state index in [2.05, 4.69) is 10.0 Å². The number of fused-ring (bicyclic) bond motifs is 1. The van der Waals surface area contributed by atoms with Crippen LogP contribution in [0.5, 0.6) is 0 Å². The number of benzene rings is 2. The molecule has 1 aliphatic rings. The van der Waals surface area contributed by atoms with E-state index < -0.39 is 36.0 Å². The first-order valence-corrected chi connectivity index (χ1v) is 11.0. The van der Waals surface area contributed by atoms with E-state index >= 15 is 0 Å². The minimum absolute atomic E-state index is 0.0633. The van der Waals surface area contributed by atoms with Crippen molar-refractivity contribution in [3.05, 3.63) is 63.2 Å². The van der Waals surface area contributed by atoms with Gasteiger partial charge in [-0.2, -0.15) is 4.72 Å². The van der Waals surface area contributed by atoms with E-state index in [1.54, 1.807) is 6.07 Å². The van der Waals surface area contributed by atoms with Gasteiger partial charge in [0.25, 0.3) is 5.69 Å². The lowest BCUT2D eigenvalue weighted by Crippen LogP contribution is -2.43. The smallest absolute Gasteiger partial charge is 0.276 e. The molecule has 28 heavy (non-hydrogen) atoms. The van der Waals surface area contributed by atoms with Crippen molar-refractivity contribution in [2.24, 2.45) is 5.14 Å². The van der Waals surface area contributed by atoms with Crippen LogP contribution in [0, 0.1) is 10.1 Å². The van der Waals surface area contributed by atoms with Gasteiger partial charge in [0, 0.05) is 6.07 Å². The van der Waals surface area contributed by atoms with Crippen LogP contribution in [0.25, 0.3) is 6.08 Å². The summed E-state index contributed by atoms with van der Waals surface area (Å²) in [7, 11) is -8.32. The predicted octanol–water partition coefficient (Wildman–Crippen LogP) is 1.64. The molecule has 0 radical (unpaired) electrons. The summed E-state index contributed by atoms with van der Waals surface area (Å²) in [6.07, 6.45) is 1.82. The van der Waals surface area contributed by atoms with Crippen LogP contribution in [-0.4, -0.2) is 27.9 Å². The van der Waals surface area contributed by atoms with Crippen LogP contribution in [-0.2, 0) is 20.0 Å². The quantitative estimate of drug-likeness (QED) is 0.476. The monoisotopic (exact) mass is 444 g/mol. The van der Waals surface area contributed by atoms with E-state index in [0.29, 0.717) is 0 Å². The van der Waals surface area contributed by atoms with E-state index in [0.717, 1.165) is 12.1 Å². The fourth-order valence-corrected chi connectivity index (χ4v) is 5.05. The lowest BCUT2D eigenvalue weighted by Gasteiger charge is -2.26. The number of anilines is 1. The van der Waals surface area contributed by atoms with Gasteiger partial charge in [0.1, 0.15) is 16.0 Å². The van der Waals surface area contributed by atoms with E-state index in [1.165, 1.54) is 30.4 Å². The molecule has 0 bridgehead atoms. The zero-order valence-corrected chi connectivity index (χ0v) is 16.3. The van der Waals surface area contributed by atoms with Gasteiger partial charge >= 0.3 is 0 Å². The lowest BCUT2D eigenvalue weighted by molar-refractivity contribution is -0.385. The number of nitrogens with one attached hydrogen (secondary N) is 2. The van der Waals surface area contributed by atoms with Crippen molar-refractivity contribution < 1.29 is 21.8 Å². The molecule has 0 saturated heterocycles. The molecule has 148 valence electrons. The summed E-state index contributed by atoms with van der Waals surface area (Å²) in [6, 6.07) is 7.95. The Balaban J connectivity index is 1.99. The topological polar surface area (TPSA) is 162 Å². The summed E-state index contributed by atoms with van der Waals surface area (Å²) in [5.74, 6) is 0. The van der Waals surface area contributed by atoms with Crippen LogP contribution in [0.15, 0.2) is 52.3 Å². The number of nitrogens with zero attached hydrogens (tertiary/aromatic N) is 1. The van der Waals surface area contributed by atoms with Crippen molar-refractivity contribution in [3.63, 3.8) is 0 Å². The molecule has 0 aliphatic carbocycles. The number of nitro groups is 1. The summed E-state index contributed by atoms with van der Waals surface area (Å²) in [5.41, 5.74) is 0.203. The first-order valence-electron chi connectivity index (χ1n) is 7.56. The Bertz CT molecular complexity index is 1210. The zero-order chi connectivity index (χ0) is 20.7. The Morgan fingerprint density at radius 3 is 2.57 bits per heavy atom. The van der Waals surface area contributed by atoms with Crippen LogP contribution >= 0.6 is 11.6 Å². The van der Waals surface area contributed by atoms with Gasteiger partial charge in [0.2, 0.25) is 20.0 Å². The SMILES string of the molecule is NS(=O)(=O)c1cc2c(cc1Cl)N[C@H](/C=C/c1ccccc1[N+](=O)[O-])NS2(=O)=O. The third-order valence-electron chi connectivity index (χ3n) is 3.82. The molecule has 13 heteroatoms. The average Bonchev–Trinajstić information content (AvgIpc) is 2.57. The minimum atomic E-state index is -4.22. The second-order valence-electron chi connectivity index (χ2n) is 5.74. The van der Waals surface area contributed by atoms with Crippen molar-refractivity contribution in [1.29, 1.82) is 0 Å². The number of halogens is 1. The maximum atomic E-state index is 12.5. The molecule has 0 saturated carbocycles. The molecule has 0 unspecified atom stereocenters. The van der Waals surface area contributed by atoms with Crippen molar-refractivity contribution in [2.45, 2.75) is 16.0 Å². The summed E-state index contributed by atoms with van der Waals surface area (Å²) < 4.78 is 50.4. The van der Waals surface area contributed by atoms with Crippen molar-refractivity contribution >= 4 is 49.1 Å². The summed E-state index contributed by atoms with van der Waals surface area (Å²) in [6.45, 7) is 0. The van der Waals surface area contributed by atoms with Gasteiger partial charge in [-0.05, 0) is 30.4 Å². The Hall–Kier alpha value is -2.51. The normalized spacial score (nSPS) is 18.4. The van der Waals surface area contributed by atoms with Gasteiger partial charge in [-0.3, -0.25) is 10.1 Å². The number of rotatable bonds is 4. The number of primary sulfonamides is 1. The number of hydrogen-bond acceptors (Lipinski definition) is 7. The Labute approximate surface area is 165 Å².